The number of nitrogens with zero attached hydrogens (tertiary/aromatic N) is 1. The van der Waals surface area contributed by atoms with Crippen molar-refractivity contribution in [1.29, 1.82) is 0 Å². The van der Waals surface area contributed by atoms with Gasteiger partial charge in [0.1, 0.15) is 11.6 Å². The van der Waals surface area contributed by atoms with E-state index in [4.69, 9.17) is 16.3 Å². The number of carbonyl (C=O) groups excluding carboxylic acids is 1. The highest BCUT2D eigenvalue weighted by Gasteiger charge is 2.19. The minimum Gasteiger partial charge on any atom is -0.481 e. The van der Waals surface area contributed by atoms with Gasteiger partial charge in [0, 0.05) is 12.7 Å². The van der Waals surface area contributed by atoms with Gasteiger partial charge in [-0.05, 0) is 48.9 Å². The van der Waals surface area contributed by atoms with E-state index in [1.165, 1.54) is 19.2 Å². The maximum Gasteiger partial charge on any atom is 0.265 e. The summed E-state index contributed by atoms with van der Waals surface area (Å²) >= 11 is 5.71. The molecule has 6 nitrogen and oxygen atoms in total. The highest BCUT2D eigenvalue weighted by molar-refractivity contribution is 7.92. The smallest absolute Gasteiger partial charge is 0.265 e. The minimum absolute atomic E-state index is 0.0904. The largest absolute Gasteiger partial charge is 0.481 e. The van der Waals surface area contributed by atoms with E-state index in [0.29, 0.717) is 23.5 Å². The molecule has 1 N–H and O–H groups in total. The molecule has 1 unspecified atom stereocenters. The standard InChI is InChI=1S/C18H20ClFN2O4S/c1-4-17(18(23)21-12-5-10-16(20)15(19)11-12)26-14-8-6-13(7-9-14)22(2)27(3,24)25/h5-11,17H,4H2,1-3H3,(H,21,23). The maximum absolute atomic E-state index is 13.2. The number of sulfonamides is 1. The minimum atomic E-state index is -3.36. The molecule has 0 aliphatic heterocycles. The zero-order valence-corrected chi connectivity index (χ0v) is 16.6. The topological polar surface area (TPSA) is 75.7 Å². The van der Waals surface area contributed by atoms with Gasteiger partial charge in [0.05, 0.1) is 17.0 Å². The molecule has 2 rings (SSSR count). The second kappa shape index (κ2) is 8.58. The van der Waals surface area contributed by atoms with Crippen LogP contribution in [-0.4, -0.2) is 33.7 Å². The van der Waals surface area contributed by atoms with Crippen molar-refractivity contribution in [2.24, 2.45) is 0 Å². The van der Waals surface area contributed by atoms with Crippen LogP contribution in [0, 0.1) is 5.82 Å². The zero-order valence-electron chi connectivity index (χ0n) is 15.1. The lowest BCUT2D eigenvalue weighted by Gasteiger charge is -2.19. The van der Waals surface area contributed by atoms with Crippen molar-refractivity contribution < 1.29 is 22.3 Å². The normalized spacial score (nSPS) is 12.3. The molecule has 1 atom stereocenters. The van der Waals surface area contributed by atoms with Crippen LogP contribution in [0.5, 0.6) is 5.75 Å². The Morgan fingerprint density at radius 1 is 1.26 bits per heavy atom. The number of ether oxygens (including phenoxy) is 1. The maximum atomic E-state index is 13.2. The first-order valence-corrected chi connectivity index (χ1v) is 10.3. The Bertz CT molecular complexity index is 919. The number of halogens is 2. The van der Waals surface area contributed by atoms with Crippen LogP contribution in [0.2, 0.25) is 5.02 Å². The Balaban J connectivity index is 2.07. The summed E-state index contributed by atoms with van der Waals surface area (Å²) in [5, 5.41) is 2.54. The molecule has 9 heteroatoms. The Kier molecular flexibility index (Phi) is 6.67. The van der Waals surface area contributed by atoms with Crippen LogP contribution >= 0.6 is 11.6 Å². The Labute approximate surface area is 162 Å². The molecule has 27 heavy (non-hydrogen) atoms. The van der Waals surface area contributed by atoms with Crippen molar-refractivity contribution in [3.63, 3.8) is 0 Å². The van der Waals surface area contributed by atoms with E-state index in [-0.39, 0.29) is 5.02 Å². The fourth-order valence-electron chi connectivity index (χ4n) is 2.21. The summed E-state index contributed by atoms with van der Waals surface area (Å²) in [4.78, 5) is 12.4. The predicted molar refractivity (Wildman–Crippen MR) is 104 cm³/mol. The van der Waals surface area contributed by atoms with Crippen LogP contribution in [0.1, 0.15) is 13.3 Å². The summed E-state index contributed by atoms with van der Waals surface area (Å²) in [6.07, 6.45) is 0.717. The van der Waals surface area contributed by atoms with Gasteiger partial charge in [-0.15, -0.1) is 0 Å². The van der Waals surface area contributed by atoms with Crippen molar-refractivity contribution in [3.8, 4) is 5.75 Å². The molecule has 0 aromatic heterocycles. The number of hydrogen-bond donors (Lipinski definition) is 1. The fraction of sp³-hybridized carbons (Fsp3) is 0.278. The molecule has 1 amide bonds. The third kappa shape index (κ3) is 5.58. The number of nitrogens with one attached hydrogen (secondary N) is 1. The lowest BCUT2D eigenvalue weighted by molar-refractivity contribution is -0.122. The number of benzene rings is 2. The van der Waals surface area contributed by atoms with Gasteiger partial charge in [-0.1, -0.05) is 18.5 Å². The number of anilines is 2. The molecular formula is C18H20ClFN2O4S. The lowest BCUT2D eigenvalue weighted by Crippen LogP contribution is -2.32. The van der Waals surface area contributed by atoms with E-state index in [1.54, 1.807) is 31.2 Å². The van der Waals surface area contributed by atoms with Crippen molar-refractivity contribution >= 4 is 38.9 Å². The molecular weight excluding hydrogens is 395 g/mol. The third-order valence-electron chi connectivity index (χ3n) is 3.83. The predicted octanol–water partition coefficient (Wildman–Crippen LogP) is 3.67. The average Bonchev–Trinajstić information content (AvgIpc) is 2.61. The second-order valence-electron chi connectivity index (χ2n) is 5.86. The van der Waals surface area contributed by atoms with Gasteiger partial charge in [-0.25, -0.2) is 12.8 Å². The molecule has 0 bridgehead atoms. The second-order valence-corrected chi connectivity index (χ2v) is 8.28. The van der Waals surface area contributed by atoms with E-state index >= 15 is 0 Å². The molecule has 2 aromatic carbocycles. The first-order chi connectivity index (χ1) is 12.6. The Morgan fingerprint density at radius 2 is 1.89 bits per heavy atom. The van der Waals surface area contributed by atoms with Gasteiger partial charge in [-0.2, -0.15) is 0 Å². The van der Waals surface area contributed by atoms with Crippen molar-refractivity contribution in [2.45, 2.75) is 19.4 Å². The highest BCUT2D eigenvalue weighted by Crippen LogP contribution is 2.23. The van der Waals surface area contributed by atoms with E-state index < -0.39 is 27.9 Å². The third-order valence-corrected chi connectivity index (χ3v) is 5.32. The monoisotopic (exact) mass is 414 g/mol. The van der Waals surface area contributed by atoms with Gasteiger partial charge in [0.2, 0.25) is 10.0 Å². The summed E-state index contributed by atoms with van der Waals surface area (Å²) in [5.41, 5.74) is 0.835. The van der Waals surface area contributed by atoms with Gasteiger partial charge < -0.3 is 10.1 Å². The van der Waals surface area contributed by atoms with Crippen LogP contribution in [0.25, 0.3) is 0 Å². The summed E-state index contributed by atoms with van der Waals surface area (Å²) in [6.45, 7) is 1.79. The summed E-state index contributed by atoms with van der Waals surface area (Å²) in [7, 11) is -1.91. The molecule has 0 fully saturated rings. The molecule has 0 heterocycles. The van der Waals surface area contributed by atoms with Gasteiger partial charge in [0.15, 0.2) is 6.10 Å². The van der Waals surface area contributed by atoms with E-state index in [9.17, 15) is 17.6 Å². The van der Waals surface area contributed by atoms with Crippen molar-refractivity contribution in [2.75, 3.05) is 22.9 Å². The van der Waals surface area contributed by atoms with Crippen LogP contribution in [0.4, 0.5) is 15.8 Å². The van der Waals surface area contributed by atoms with Crippen LogP contribution < -0.4 is 14.4 Å². The average molecular weight is 415 g/mol. The first-order valence-electron chi connectivity index (χ1n) is 8.08. The molecule has 0 spiro atoms. The lowest BCUT2D eigenvalue weighted by atomic mass is 10.2. The van der Waals surface area contributed by atoms with E-state index in [1.807, 2.05) is 0 Å². The highest BCUT2D eigenvalue weighted by atomic mass is 35.5. The van der Waals surface area contributed by atoms with Crippen LogP contribution in [-0.2, 0) is 14.8 Å². The first kappa shape index (κ1) is 21.0. The number of rotatable bonds is 7. The van der Waals surface area contributed by atoms with E-state index in [2.05, 4.69) is 5.32 Å². The molecule has 0 aliphatic carbocycles. The fourth-order valence-corrected chi connectivity index (χ4v) is 2.89. The quantitative estimate of drug-likeness (QED) is 0.750. The summed E-state index contributed by atoms with van der Waals surface area (Å²) in [5.74, 6) is -0.561. The Hall–Kier alpha value is -2.32. The molecule has 146 valence electrons. The molecule has 0 saturated carbocycles. The van der Waals surface area contributed by atoms with Gasteiger partial charge in [-0.3, -0.25) is 9.10 Å². The van der Waals surface area contributed by atoms with Crippen molar-refractivity contribution in [3.05, 3.63) is 53.3 Å². The molecule has 0 aliphatic rings. The SMILES string of the molecule is CCC(Oc1ccc(N(C)S(C)(=O)=O)cc1)C(=O)Nc1ccc(F)c(Cl)c1. The van der Waals surface area contributed by atoms with E-state index in [0.717, 1.165) is 16.6 Å². The van der Waals surface area contributed by atoms with Crippen LogP contribution in [0.3, 0.4) is 0 Å². The zero-order chi connectivity index (χ0) is 20.2. The number of carbonyl (C=O) groups is 1. The van der Waals surface area contributed by atoms with Crippen molar-refractivity contribution in [1.82, 2.24) is 0 Å². The van der Waals surface area contributed by atoms with Crippen LogP contribution in [0.15, 0.2) is 42.5 Å². The Morgan fingerprint density at radius 3 is 2.41 bits per heavy atom. The summed E-state index contributed by atoms with van der Waals surface area (Å²) in [6, 6.07) is 10.2. The number of amides is 1. The molecule has 0 radical (unpaired) electrons. The summed E-state index contributed by atoms with van der Waals surface area (Å²) < 4.78 is 43.1. The van der Waals surface area contributed by atoms with Gasteiger partial charge >= 0.3 is 0 Å². The van der Waals surface area contributed by atoms with Gasteiger partial charge in [0.25, 0.3) is 5.91 Å². The molecule has 0 saturated heterocycles. The molecule has 2 aromatic rings. The number of hydrogen-bond acceptors (Lipinski definition) is 4.